The highest BCUT2D eigenvalue weighted by Crippen LogP contribution is 2.34. The molecule has 0 spiro atoms. The minimum absolute atomic E-state index is 0.119. The van der Waals surface area contributed by atoms with E-state index in [0.717, 1.165) is 5.70 Å². The van der Waals surface area contributed by atoms with Crippen molar-refractivity contribution in [3.63, 3.8) is 0 Å². The summed E-state index contributed by atoms with van der Waals surface area (Å²) in [5, 5.41) is 0. The highest BCUT2D eigenvalue weighted by atomic mass is 15.1. The fourth-order valence-electron chi connectivity index (χ4n) is 1.78. The quantitative estimate of drug-likeness (QED) is 0.650. The lowest BCUT2D eigenvalue weighted by molar-refractivity contribution is 0.298. The molecular formula is C14H27N. The number of allylic oxidation sites excluding steroid dienone is 3. The lowest BCUT2D eigenvalue weighted by Crippen LogP contribution is -2.31. The summed E-state index contributed by atoms with van der Waals surface area (Å²) in [6.45, 7) is 19.6. The molecule has 0 atom stereocenters. The topological polar surface area (TPSA) is 3.24 Å². The van der Waals surface area contributed by atoms with Gasteiger partial charge in [-0.2, -0.15) is 0 Å². The summed E-state index contributed by atoms with van der Waals surface area (Å²) in [7, 11) is 2.11. The van der Waals surface area contributed by atoms with Gasteiger partial charge in [-0.15, -0.1) is 0 Å². The monoisotopic (exact) mass is 209 g/mol. The molecule has 0 N–H and O–H groups in total. The molecule has 1 nitrogen and oxygen atoms in total. The Balaban J connectivity index is 5.02. The van der Waals surface area contributed by atoms with Gasteiger partial charge in [0.25, 0.3) is 0 Å². The average molecular weight is 209 g/mol. The molecular weight excluding hydrogens is 182 g/mol. The van der Waals surface area contributed by atoms with E-state index in [-0.39, 0.29) is 10.8 Å². The normalized spacial score (nSPS) is 14.0. The van der Waals surface area contributed by atoms with E-state index in [9.17, 15) is 0 Å². The first-order chi connectivity index (χ1) is 6.51. The fourth-order valence-corrected chi connectivity index (χ4v) is 1.78. The predicted octanol–water partition coefficient (Wildman–Crippen LogP) is 4.43. The molecule has 0 rings (SSSR count). The molecule has 0 amide bonds. The Bertz CT molecular complexity index is 258. The Morgan fingerprint density at radius 3 is 1.60 bits per heavy atom. The van der Waals surface area contributed by atoms with E-state index < -0.39 is 0 Å². The highest BCUT2D eigenvalue weighted by molar-refractivity contribution is 5.18. The summed E-state index contributed by atoms with van der Waals surface area (Å²) in [5.74, 6) is 0. The van der Waals surface area contributed by atoms with Gasteiger partial charge in [0, 0.05) is 29.3 Å². The molecule has 0 aromatic carbocycles. The molecule has 0 aromatic heterocycles. The van der Waals surface area contributed by atoms with Crippen LogP contribution < -0.4 is 0 Å². The summed E-state index contributed by atoms with van der Waals surface area (Å²) in [4.78, 5) is 2.22. The van der Waals surface area contributed by atoms with Gasteiger partial charge >= 0.3 is 0 Å². The maximum atomic E-state index is 4.19. The average Bonchev–Trinajstić information content (AvgIpc) is 1.99. The third kappa shape index (κ3) is 3.73. The van der Waals surface area contributed by atoms with Gasteiger partial charge in [-0.05, 0) is 6.92 Å². The van der Waals surface area contributed by atoms with E-state index in [4.69, 9.17) is 0 Å². The van der Waals surface area contributed by atoms with Crippen LogP contribution in [0.3, 0.4) is 0 Å². The van der Waals surface area contributed by atoms with Crippen LogP contribution in [0.15, 0.2) is 24.0 Å². The Morgan fingerprint density at radius 2 is 1.40 bits per heavy atom. The Labute approximate surface area is 95.9 Å². The molecule has 0 bridgehead atoms. The second kappa shape index (κ2) is 4.42. The van der Waals surface area contributed by atoms with Crippen molar-refractivity contribution < 1.29 is 0 Å². The SMILES string of the molecule is C=C(N(C)/C(=C\C)C(C)(C)C)C(C)(C)C. The first-order valence-corrected chi connectivity index (χ1v) is 5.61. The molecule has 0 aliphatic carbocycles. The molecule has 15 heavy (non-hydrogen) atoms. The van der Waals surface area contributed by atoms with Gasteiger partial charge in [-0.1, -0.05) is 54.2 Å². The molecule has 0 heterocycles. The van der Waals surface area contributed by atoms with Crippen LogP contribution in [0.4, 0.5) is 0 Å². The second-order valence-electron chi connectivity index (χ2n) is 6.18. The van der Waals surface area contributed by atoms with E-state index in [1.54, 1.807) is 0 Å². The standard InChI is InChI=1S/C14H27N/c1-10-12(14(6,7)8)15(9)11(2)13(3,4)5/h10H,2H2,1,3-9H3/b12-10-. The third-order valence-corrected chi connectivity index (χ3v) is 2.67. The van der Waals surface area contributed by atoms with Crippen LogP contribution in [0.5, 0.6) is 0 Å². The van der Waals surface area contributed by atoms with Crippen LogP contribution in [-0.4, -0.2) is 11.9 Å². The van der Waals surface area contributed by atoms with Crippen molar-refractivity contribution in [2.24, 2.45) is 10.8 Å². The smallest absolute Gasteiger partial charge is 0.0184 e. The molecule has 0 radical (unpaired) electrons. The van der Waals surface area contributed by atoms with Crippen molar-refractivity contribution in [2.75, 3.05) is 7.05 Å². The minimum atomic E-state index is 0.119. The van der Waals surface area contributed by atoms with E-state index in [0.29, 0.717) is 0 Å². The molecule has 0 aromatic rings. The summed E-state index contributed by atoms with van der Waals surface area (Å²) >= 11 is 0. The lowest BCUT2D eigenvalue weighted by atomic mass is 9.87. The van der Waals surface area contributed by atoms with Crippen molar-refractivity contribution in [1.29, 1.82) is 0 Å². The molecule has 0 fully saturated rings. The van der Waals surface area contributed by atoms with Gasteiger partial charge in [0.05, 0.1) is 0 Å². The maximum Gasteiger partial charge on any atom is 0.0184 e. The van der Waals surface area contributed by atoms with Crippen LogP contribution in [0.2, 0.25) is 0 Å². The zero-order valence-electron chi connectivity index (χ0n) is 11.7. The van der Waals surface area contributed by atoms with Crippen molar-refractivity contribution in [2.45, 2.75) is 48.5 Å². The van der Waals surface area contributed by atoms with Crippen molar-refractivity contribution in [3.05, 3.63) is 24.0 Å². The molecule has 1 heteroatoms. The summed E-state index contributed by atoms with van der Waals surface area (Å²) < 4.78 is 0. The van der Waals surface area contributed by atoms with Gasteiger partial charge in [0.15, 0.2) is 0 Å². The molecule has 0 aliphatic heterocycles. The van der Waals surface area contributed by atoms with Crippen molar-refractivity contribution in [1.82, 2.24) is 4.90 Å². The maximum absolute atomic E-state index is 4.19. The molecule has 0 unspecified atom stereocenters. The lowest BCUT2D eigenvalue weighted by Gasteiger charge is -2.38. The van der Waals surface area contributed by atoms with Gasteiger partial charge in [-0.3, -0.25) is 0 Å². The second-order valence-corrected chi connectivity index (χ2v) is 6.18. The van der Waals surface area contributed by atoms with Crippen LogP contribution >= 0.6 is 0 Å². The number of hydrogen-bond donors (Lipinski definition) is 0. The van der Waals surface area contributed by atoms with E-state index in [1.807, 2.05) is 0 Å². The van der Waals surface area contributed by atoms with Crippen LogP contribution in [0.1, 0.15) is 48.5 Å². The molecule has 0 saturated carbocycles. The van der Waals surface area contributed by atoms with Crippen molar-refractivity contribution in [3.8, 4) is 0 Å². The van der Waals surface area contributed by atoms with Crippen LogP contribution in [0, 0.1) is 10.8 Å². The van der Waals surface area contributed by atoms with Gasteiger partial charge in [0.2, 0.25) is 0 Å². The fraction of sp³-hybridized carbons (Fsp3) is 0.714. The molecule has 88 valence electrons. The summed E-state index contributed by atoms with van der Waals surface area (Å²) in [6.07, 6.45) is 2.18. The zero-order chi connectivity index (χ0) is 12.4. The Hall–Kier alpha value is -0.720. The van der Waals surface area contributed by atoms with Crippen LogP contribution in [-0.2, 0) is 0 Å². The Morgan fingerprint density at radius 1 is 1.00 bits per heavy atom. The van der Waals surface area contributed by atoms with Crippen molar-refractivity contribution >= 4 is 0 Å². The molecule has 0 aliphatic rings. The largest absolute Gasteiger partial charge is 0.351 e. The van der Waals surface area contributed by atoms with E-state index >= 15 is 0 Å². The van der Waals surface area contributed by atoms with Crippen LogP contribution in [0.25, 0.3) is 0 Å². The van der Waals surface area contributed by atoms with Gasteiger partial charge < -0.3 is 4.90 Å². The number of nitrogens with zero attached hydrogens (tertiary/aromatic N) is 1. The minimum Gasteiger partial charge on any atom is -0.351 e. The Kier molecular flexibility index (Phi) is 4.21. The molecule has 0 saturated heterocycles. The van der Waals surface area contributed by atoms with Gasteiger partial charge in [-0.25, -0.2) is 0 Å². The first kappa shape index (κ1) is 14.3. The first-order valence-electron chi connectivity index (χ1n) is 5.61. The summed E-state index contributed by atoms with van der Waals surface area (Å²) in [6, 6.07) is 0. The highest BCUT2D eigenvalue weighted by Gasteiger charge is 2.26. The van der Waals surface area contributed by atoms with E-state index in [1.165, 1.54) is 5.70 Å². The number of hydrogen-bond acceptors (Lipinski definition) is 1. The third-order valence-electron chi connectivity index (χ3n) is 2.67. The predicted molar refractivity (Wildman–Crippen MR) is 69.6 cm³/mol. The summed E-state index contributed by atoms with van der Waals surface area (Å²) in [5.41, 5.74) is 2.76. The van der Waals surface area contributed by atoms with E-state index in [2.05, 4.69) is 73.1 Å². The van der Waals surface area contributed by atoms with Gasteiger partial charge in [0.1, 0.15) is 0 Å². The zero-order valence-corrected chi connectivity index (χ0v) is 11.7. The number of rotatable bonds is 2.